The van der Waals surface area contributed by atoms with Crippen LogP contribution in [0.3, 0.4) is 0 Å². The largest absolute Gasteiger partial charge is 0.293 e. The van der Waals surface area contributed by atoms with Crippen LogP contribution >= 0.6 is 45.8 Å². The minimum atomic E-state index is -0.0613. The number of benzene rings is 1. The number of alkyl halides is 1. The van der Waals surface area contributed by atoms with Gasteiger partial charge in [0, 0.05) is 9.13 Å². The van der Waals surface area contributed by atoms with Gasteiger partial charge in [-0.15, -0.1) is 11.6 Å². The Kier molecular flexibility index (Phi) is 4.01. The number of carbonyl (C=O) groups excluding carboxylic acids is 1. The normalized spacial score (nSPS) is 10.2. The zero-order valence-electron chi connectivity index (χ0n) is 6.90. The van der Waals surface area contributed by atoms with E-state index in [1.54, 1.807) is 12.1 Å². The lowest BCUT2D eigenvalue weighted by Gasteiger charge is -2.04. The molecule has 0 aliphatic rings. The van der Waals surface area contributed by atoms with Crippen LogP contribution in [-0.4, -0.2) is 11.7 Å². The second kappa shape index (κ2) is 4.62. The number of ketones is 1. The van der Waals surface area contributed by atoms with Crippen LogP contribution in [-0.2, 0) is 0 Å². The Hall–Kier alpha value is 0.200. The smallest absolute Gasteiger partial charge is 0.177 e. The van der Waals surface area contributed by atoms with E-state index in [9.17, 15) is 4.79 Å². The molecule has 0 N–H and O–H groups in total. The fourth-order valence-corrected chi connectivity index (χ4v) is 1.85. The summed E-state index contributed by atoms with van der Waals surface area (Å²) in [6, 6.07) is 3.55. The topological polar surface area (TPSA) is 17.1 Å². The molecule has 1 aromatic carbocycles. The molecule has 1 nitrogen and oxygen atoms in total. The Balaban J connectivity index is 3.23. The Morgan fingerprint density at radius 2 is 2.15 bits per heavy atom. The van der Waals surface area contributed by atoms with Crippen molar-refractivity contribution in [2.75, 3.05) is 5.88 Å². The zero-order chi connectivity index (χ0) is 10.0. The third-order valence-corrected chi connectivity index (χ3v) is 3.46. The predicted molar refractivity (Wildman–Crippen MR) is 64.0 cm³/mol. The summed E-state index contributed by atoms with van der Waals surface area (Å²) < 4.78 is 0.873. The van der Waals surface area contributed by atoms with Crippen LogP contribution in [0.2, 0.25) is 5.02 Å². The molecular weight excluding hydrogens is 322 g/mol. The molecule has 0 heterocycles. The van der Waals surface area contributed by atoms with Crippen molar-refractivity contribution in [1.82, 2.24) is 0 Å². The molecule has 0 fully saturated rings. The van der Waals surface area contributed by atoms with Gasteiger partial charge in [0.2, 0.25) is 0 Å². The molecule has 0 saturated heterocycles. The molecule has 0 bridgehead atoms. The fourth-order valence-electron chi connectivity index (χ4n) is 1.02. The van der Waals surface area contributed by atoms with Crippen LogP contribution in [0.25, 0.3) is 0 Å². The van der Waals surface area contributed by atoms with Gasteiger partial charge in [0.1, 0.15) is 0 Å². The number of hydrogen-bond donors (Lipinski definition) is 0. The molecule has 4 heteroatoms. The third-order valence-electron chi connectivity index (χ3n) is 1.69. The molecule has 0 aromatic heterocycles. The lowest BCUT2D eigenvalue weighted by atomic mass is 10.1. The number of rotatable bonds is 2. The molecule has 0 saturated carbocycles. The van der Waals surface area contributed by atoms with Crippen molar-refractivity contribution in [3.8, 4) is 0 Å². The number of aryl methyl sites for hydroxylation is 1. The molecule has 70 valence electrons. The van der Waals surface area contributed by atoms with E-state index in [0.29, 0.717) is 10.6 Å². The van der Waals surface area contributed by atoms with Crippen molar-refractivity contribution in [2.24, 2.45) is 0 Å². The Labute approximate surface area is 101 Å². The summed E-state index contributed by atoms with van der Waals surface area (Å²) >= 11 is 13.4. The predicted octanol–water partition coefficient (Wildman–Crippen LogP) is 3.67. The molecule has 0 aliphatic carbocycles. The SMILES string of the molecule is Cc1cc(Cl)c(I)cc1C(=O)CCl. The average Bonchev–Trinajstić information content (AvgIpc) is 2.10. The van der Waals surface area contributed by atoms with Crippen molar-refractivity contribution in [2.45, 2.75) is 6.92 Å². The van der Waals surface area contributed by atoms with Crippen LogP contribution in [0.15, 0.2) is 12.1 Å². The van der Waals surface area contributed by atoms with E-state index < -0.39 is 0 Å². The number of halogens is 3. The number of Topliss-reactive ketones (excluding diaryl/α,β-unsaturated/α-hetero) is 1. The summed E-state index contributed by atoms with van der Waals surface area (Å²) in [6.45, 7) is 1.85. The van der Waals surface area contributed by atoms with Gasteiger partial charge in [0.15, 0.2) is 5.78 Å². The lowest BCUT2D eigenvalue weighted by molar-refractivity contribution is 0.102. The number of carbonyl (C=O) groups is 1. The first-order valence-electron chi connectivity index (χ1n) is 3.61. The van der Waals surface area contributed by atoms with E-state index >= 15 is 0 Å². The maximum atomic E-state index is 11.3. The van der Waals surface area contributed by atoms with Crippen molar-refractivity contribution in [1.29, 1.82) is 0 Å². The Morgan fingerprint density at radius 1 is 1.54 bits per heavy atom. The van der Waals surface area contributed by atoms with Gasteiger partial charge in [0.05, 0.1) is 10.9 Å². The maximum absolute atomic E-state index is 11.3. The first-order valence-corrected chi connectivity index (χ1v) is 5.60. The average molecular weight is 329 g/mol. The van der Waals surface area contributed by atoms with Gasteiger partial charge in [-0.1, -0.05) is 11.6 Å². The van der Waals surface area contributed by atoms with Crippen LogP contribution in [0.4, 0.5) is 0 Å². The maximum Gasteiger partial charge on any atom is 0.177 e. The van der Waals surface area contributed by atoms with Gasteiger partial charge >= 0.3 is 0 Å². The molecule has 13 heavy (non-hydrogen) atoms. The van der Waals surface area contributed by atoms with Gasteiger partial charge in [-0.3, -0.25) is 4.79 Å². The summed E-state index contributed by atoms with van der Waals surface area (Å²) in [7, 11) is 0. The third kappa shape index (κ3) is 2.58. The zero-order valence-corrected chi connectivity index (χ0v) is 10.6. The van der Waals surface area contributed by atoms with Gasteiger partial charge in [-0.2, -0.15) is 0 Å². The lowest BCUT2D eigenvalue weighted by Crippen LogP contribution is -2.03. The summed E-state index contributed by atoms with van der Waals surface area (Å²) in [5.41, 5.74) is 1.53. The van der Waals surface area contributed by atoms with Crippen LogP contribution < -0.4 is 0 Å². The molecule has 0 radical (unpaired) electrons. The van der Waals surface area contributed by atoms with Gasteiger partial charge in [-0.25, -0.2) is 0 Å². The van der Waals surface area contributed by atoms with E-state index in [4.69, 9.17) is 23.2 Å². The van der Waals surface area contributed by atoms with Crippen molar-refractivity contribution in [3.63, 3.8) is 0 Å². The summed E-state index contributed by atoms with van der Waals surface area (Å²) in [6.07, 6.45) is 0. The number of hydrogen-bond acceptors (Lipinski definition) is 1. The van der Waals surface area contributed by atoms with Crippen LogP contribution in [0, 0.1) is 10.5 Å². The molecule has 0 aliphatic heterocycles. The van der Waals surface area contributed by atoms with Crippen molar-refractivity contribution >= 4 is 51.6 Å². The summed E-state index contributed by atoms with van der Waals surface area (Å²) in [5.74, 6) is -0.0489. The highest BCUT2D eigenvalue weighted by Gasteiger charge is 2.10. The first-order chi connectivity index (χ1) is 6.06. The van der Waals surface area contributed by atoms with Crippen molar-refractivity contribution in [3.05, 3.63) is 31.9 Å². The molecule has 0 unspecified atom stereocenters. The minimum absolute atomic E-state index is 0.0125. The monoisotopic (exact) mass is 328 g/mol. The molecule has 0 atom stereocenters. The van der Waals surface area contributed by atoms with E-state index in [0.717, 1.165) is 9.13 Å². The van der Waals surface area contributed by atoms with E-state index in [2.05, 4.69) is 22.6 Å². The minimum Gasteiger partial charge on any atom is -0.293 e. The van der Waals surface area contributed by atoms with E-state index in [-0.39, 0.29) is 11.7 Å². The highest BCUT2D eigenvalue weighted by atomic mass is 127. The molecule has 1 rings (SSSR count). The van der Waals surface area contributed by atoms with E-state index in [1.807, 2.05) is 6.92 Å². The van der Waals surface area contributed by atoms with Crippen LogP contribution in [0.1, 0.15) is 15.9 Å². The van der Waals surface area contributed by atoms with Crippen molar-refractivity contribution < 1.29 is 4.79 Å². The van der Waals surface area contributed by atoms with Crippen LogP contribution in [0.5, 0.6) is 0 Å². The Bertz CT molecular complexity index is 350. The summed E-state index contributed by atoms with van der Waals surface area (Å²) in [5, 5.41) is 0.671. The first kappa shape index (κ1) is 11.3. The highest BCUT2D eigenvalue weighted by Crippen LogP contribution is 2.23. The van der Waals surface area contributed by atoms with Gasteiger partial charge in [-0.05, 0) is 47.2 Å². The second-order valence-electron chi connectivity index (χ2n) is 2.64. The van der Waals surface area contributed by atoms with E-state index in [1.165, 1.54) is 0 Å². The highest BCUT2D eigenvalue weighted by molar-refractivity contribution is 14.1. The fraction of sp³-hybridized carbons (Fsp3) is 0.222. The summed E-state index contributed by atoms with van der Waals surface area (Å²) in [4.78, 5) is 11.3. The molecule has 0 spiro atoms. The Morgan fingerprint density at radius 3 is 2.69 bits per heavy atom. The molecular formula is C9H7Cl2IO. The standard InChI is InChI=1S/C9H7Cl2IO/c1-5-2-7(11)8(12)3-6(5)9(13)4-10/h2-3H,4H2,1H3. The second-order valence-corrected chi connectivity index (χ2v) is 4.47. The molecule has 0 amide bonds. The van der Waals surface area contributed by atoms with Gasteiger partial charge < -0.3 is 0 Å². The quantitative estimate of drug-likeness (QED) is 0.460. The van der Waals surface area contributed by atoms with Gasteiger partial charge in [0.25, 0.3) is 0 Å². The molecule has 1 aromatic rings.